The van der Waals surface area contributed by atoms with Crippen molar-refractivity contribution in [2.24, 2.45) is 0 Å². The van der Waals surface area contributed by atoms with Crippen molar-refractivity contribution in [3.05, 3.63) is 23.5 Å². The molecule has 2 aromatic rings. The van der Waals surface area contributed by atoms with E-state index >= 15 is 0 Å². The summed E-state index contributed by atoms with van der Waals surface area (Å²) in [6.07, 6.45) is 6.03. The molecule has 20 heavy (non-hydrogen) atoms. The second kappa shape index (κ2) is 6.25. The first kappa shape index (κ1) is 14.8. The quantitative estimate of drug-likeness (QED) is 0.784. The van der Waals surface area contributed by atoms with Crippen LogP contribution in [0.3, 0.4) is 0 Å². The zero-order valence-electron chi connectivity index (χ0n) is 12.6. The Hall–Kier alpha value is -1.58. The molecule has 0 fully saturated rings. The molecule has 0 bridgehead atoms. The maximum atomic E-state index is 13.6. The lowest BCUT2D eigenvalue weighted by Crippen LogP contribution is -2.09. The molecular formula is C16H24FN3. The first-order valence-corrected chi connectivity index (χ1v) is 7.48. The van der Waals surface area contributed by atoms with Gasteiger partial charge in [0.2, 0.25) is 5.95 Å². The molecule has 1 aromatic heterocycles. The summed E-state index contributed by atoms with van der Waals surface area (Å²) in [6.45, 7) is 6.14. The van der Waals surface area contributed by atoms with Crippen LogP contribution < -0.4 is 5.73 Å². The molecule has 0 radical (unpaired) electrons. The number of aryl methyl sites for hydroxylation is 1. The minimum atomic E-state index is -0.224. The number of aromatic nitrogens is 2. The van der Waals surface area contributed by atoms with Gasteiger partial charge < -0.3 is 10.3 Å². The molecule has 1 unspecified atom stereocenters. The van der Waals surface area contributed by atoms with Crippen LogP contribution in [-0.4, -0.2) is 9.55 Å². The van der Waals surface area contributed by atoms with E-state index in [1.807, 2.05) is 10.6 Å². The summed E-state index contributed by atoms with van der Waals surface area (Å²) >= 11 is 0. The second-order valence-corrected chi connectivity index (χ2v) is 5.63. The van der Waals surface area contributed by atoms with Crippen LogP contribution in [0.25, 0.3) is 11.0 Å². The molecule has 0 aliphatic heterocycles. The van der Waals surface area contributed by atoms with Crippen LogP contribution in [0.5, 0.6) is 0 Å². The van der Waals surface area contributed by atoms with Gasteiger partial charge in [0.25, 0.3) is 0 Å². The van der Waals surface area contributed by atoms with Gasteiger partial charge in [0, 0.05) is 12.1 Å². The maximum Gasteiger partial charge on any atom is 0.201 e. The van der Waals surface area contributed by atoms with Gasteiger partial charge in [0.15, 0.2) is 0 Å². The first-order valence-electron chi connectivity index (χ1n) is 7.48. The van der Waals surface area contributed by atoms with Gasteiger partial charge in [-0.25, -0.2) is 9.37 Å². The third kappa shape index (κ3) is 2.94. The zero-order chi connectivity index (χ0) is 14.7. The number of nitrogens with two attached hydrogens (primary N) is 1. The molecule has 0 saturated heterocycles. The maximum absolute atomic E-state index is 13.6. The molecule has 0 aliphatic carbocycles. The molecule has 1 atom stereocenters. The van der Waals surface area contributed by atoms with Crippen molar-refractivity contribution in [1.82, 2.24) is 9.55 Å². The van der Waals surface area contributed by atoms with Crippen LogP contribution in [-0.2, 0) is 0 Å². The third-order valence-corrected chi connectivity index (χ3v) is 3.91. The third-order valence-electron chi connectivity index (χ3n) is 3.91. The highest BCUT2D eigenvalue weighted by Crippen LogP contribution is 2.27. The number of halogens is 1. The smallest absolute Gasteiger partial charge is 0.201 e. The summed E-state index contributed by atoms with van der Waals surface area (Å²) in [4.78, 5) is 4.28. The van der Waals surface area contributed by atoms with E-state index < -0.39 is 0 Å². The van der Waals surface area contributed by atoms with E-state index in [4.69, 9.17) is 5.73 Å². The van der Waals surface area contributed by atoms with Crippen molar-refractivity contribution in [2.45, 2.75) is 58.9 Å². The minimum Gasteiger partial charge on any atom is -0.369 e. The topological polar surface area (TPSA) is 43.8 Å². The van der Waals surface area contributed by atoms with E-state index in [9.17, 15) is 4.39 Å². The molecule has 0 spiro atoms. The average molecular weight is 277 g/mol. The summed E-state index contributed by atoms with van der Waals surface area (Å²) in [7, 11) is 0. The molecule has 110 valence electrons. The van der Waals surface area contributed by atoms with E-state index in [0.717, 1.165) is 11.9 Å². The Labute approximate surface area is 120 Å². The van der Waals surface area contributed by atoms with Gasteiger partial charge >= 0.3 is 0 Å². The average Bonchev–Trinajstić information content (AvgIpc) is 2.70. The fourth-order valence-corrected chi connectivity index (χ4v) is 2.70. The Morgan fingerprint density at radius 3 is 2.75 bits per heavy atom. The molecule has 2 rings (SSSR count). The van der Waals surface area contributed by atoms with Gasteiger partial charge in [0.05, 0.1) is 11.0 Å². The van der Waals surface area contributed by atoms with Crippen LogP contribution >= 0.6 is 0 Å². The van der Waals surface area contributed by atoms with Gasteiger partial charge in [-0.1, -0.05) is 32.6 Å². The van der Waals surface area contributed by atoms with Gasteiger partial charge in [-0.3, -0.25) is 0 Å². The predicted molar refractivity (Wildman–Crippen MR) is 82.3 cm³/mol. The molecular weight excluding hydrogens is 253 g/mol. The Morgan fingerprint density at radius 1 is 1.30 bits per heavy atom. The standard InChI is InChI=1S/C16H24FN3/c1-4-5-6-7-8-12(3)20-15-9-11(2)13(17)10-14(15)19-16(20)18/h9-10,12H,4-8H2,1-3H3,(H2,18,19). The normalized spacial score (nSPS) is 13.0. The first-order chi connectivity index (χ1) is 9.54. The van der Waals surface area contributed by atoms with Crippen molar-refractivity contribution in [1.29, 1.82) is 0 Å². The largest absolute Gasteiger partial charge is 0.369 e. The van der Waals surface area contributed by atoms with Gasteiger partial charge in [-0.05, 0) is 31.9 Å². The molecule has 3 nitrogen and oxygen atoms in total. The summed E-state index contributed by atoms with van der Waals surface area (Å²) in [5, 5.41) is 0. The van der Waals surface area contributed by atoms with Crippen molar-refractivity contribution in [3.8, 4) is 0 Å². The van der Waals surface area contributed by atoms with Crippen LogP contribution in [0.2, 0.25) is 0 Å². The van der Waals surface area contributed by atoms with Crippen molar-refractivity contribution in [2.75, 3.05) is 5.73 Å². The van der Waals surface area contributed by atoms with E-state index in [2.05, 4.69) is 18.8 Å². The molecule has 0 amide bonds. The van der Waals surface area contributed by atoms with Crippen LogP contribution in [0, 0.1) is 12.7 Å². The number of unbranched alkanes of at least 4 members (excludes halogenated alkanes) is 3. The van der Waals surface area contributed by atoms with Gasteiger partial charge in [-0.15, -0.1) is 0 Å². The molecule has 1 aromatic carbocycles. The molecule has 0 saturated carbocycles. The number of fused-ring (bicyclic) bond motifs is 1. The van der Waals surface area contributed by atoms with Crippen LogP contribution in [0.1, 0.15) is 57.6 Å². The van der Waals surface area contributed by atoms with E-state index in [1.165, 1.54) is 31.7 Å². The number of rotatable bonds is 6. The summed E-state index contributed by atoms with van der Waals surface area (Å²) < 4.78 is 15.6. The lowest BCUT2D eigenvalue weighted by Gasteiger charge is -2.16. The van der Waals surface area contributed by atoms with Crippen molar-refractivity contribution >= 4 is 17.0 Å². The second-order valence-electron chi connectivity index (χ2n) is 5.63. The Morgan fingerprint density at radius 2 is 2.05 bits per heavy atom. The molecule has 0 aliphatic rings. The number of nitrogen functional groups attached to an aromatic ring is 1. The fraction of sp³-hybridized carbons (Fsp3) is 0.562. The molecule has 2 N–H and O–H groups in total. The zero-order valence-corrected chi connectivity index (χ0v) is 12.6. The monoisotopic (exact) mass is 277 g/mol. The Kier molecular flexibility index (Phi) is 4.63. The van der Waals surface area contributed by atoms with Gasteiger partial charge in [0.1, 0.15) is 5.82 Å². The summed E-state index contributed by atoms with van der Waals surface area (Å²) in [5.41, 5.74) is 8.23. The predicted octanol–water partition coefficient (Wildman–Crippen LogP) is 4.60. The summed E-state index contributed by atoms with van der Waals surface area (Å²) in [6, 6.07) is 3.61. The van der Waals surface area contributed by atoms with E-state index in [-0.39, 0.29) is 5.82 Å². The van der Waals surface area contributed by atoms with Crippen molar-refractivity contribution < 1.29 is 4.39 Å². The number of nitrogens with zero attached hydrogens (tertiary/aromatic N) is 2. The minimum absolute atomic E-state index is 0.224. The molecule has 4 heteroatoms. The number of anilines is 1. The highest BCUT2D eigenvalue weighted by Gasteiger charge is 2.15. The molecule has 1 heterocycles. The number of hydrogen-bond acceptors (Lipinski definition) is 2. The van der Waals surface area contributed by atoms with Crippen LogP contribution in [0.4, 0.5) is 10.3 Å². The number of hydrogen-bond donors (Lipinski definition) is 1. The number of imidazole rings is 1. The lowest BCUT2D eigenvalue weighted by molar-refractivity contribution is 0.486. The Bertz CT molecular complexity index is 589. The Balaban J connectivity index is 2.24. The van der Waals surface area contributed by atoms with E-state index in [0.29, 0.717) is 23.1 Å². The van der Waals surface area contributed by atoms with Gasteiger partial charge in [-0.2, -0.15) is 0 Å². The van der Waals surface area contributed by atoms with E-state index in [1.54, 1.807) is 6.92 Å². The number of benzene rings is 1. The summed E-state index contributed by atoms with van der Waals surface area (Å²) in [5.74, 6) is 0.255. The SMILES string of the molecule is CCCCCCC(C)n1c(N)nc2cc(F)c(C)cc21. The van der Waals surface area contributed by atoms with Crippen LogP contribution in [0.15, 0.2) is 12.1 Å². The lowest BCUT2D eigenvalue weighted by atomic mass is 10.1. The highest BCUT2D eigenvalue weighted by atomic mass is 19.1. The van der Waals surface area contributed by atoms with Crippen molar-refractivity contribution in [3.63, 3.8) is 0 Å². The fourth-order valence-electron chi connectivity index (χ4n) is 2.70. The highest BCUT2D eigenvalue weighted by molar-refractivity contribution is 5.79.